The normalized spacial score (nSPS) is 26.4. The largest absolute Gasteiger partial charge is 0.511 e. The molecule has 9 nitrogen and oxygen atoms in total. The predicted octanol–water partition coefficient (Wildman–Crippen LogP) is 2.36. The molecule has 1 heterocycles. The predicted molar refractivity (Wildman–Crippen MR) is 133 cm³/mol. The van der Waals surface area contributed by atoms with Gasteiger partial charge in [0.15, 0.2) is 11.6 Å². The molecule has 192 valence electrons. The van der Waals surface area contributed by atoms with Gasteiger partial charge in [-0.2, -0.15) is 0 Å². The molecule has 1 amide bonds. The number of phenolic OH excluding ortho intramolecular Hbond substituents is 1. The number of aliphatic hydroxyl groups is 2. The van der Waals surface area contributed by atoms with Gasteiger partial charge in [0.1, 0.15) is 22.8 Å². The Morgan fingerprint density at radius 2 is 1.81 bits per heavy atom. The van der Waals surface area contributed by atoms with Gasteiger partial charge in [0, 0.05) is 43.9 Å². The van der Waals surface area contributed by atoms with Crippen LogP contribution in [0.1, 0.15) is 48.8 Å². The van der Waals surface area contributed by atoms with Crippen LogP contribution in [0.25, 0.3) is 5.76 Å². The average Bonchev–Trinajstić information content (AvgIpc) is 2.80. The van der Waals surface area contributed by atoms with Gasteiger partial charge in [0.05, 0.1) is 11.5 Å². The zero-order valence-corrected chi connectivity index (χ0v) is 20.7. The summed E-state index contributed by atoms with van der Waals surface area (Å²) in [7, 11) is 3.81. The van der Waals surface area contributed by atoms with Crippen LogP contribution in [0.5, 0.6) is 5.75 Å². The number of aliphatic hydroxyl groups excluding tert-OH is 2. The number of primary amides is 1. The molecular formula is C27H33N3O6. The molecule has 1 aromatic carbocycles. The number of aromatic hydroxyl groups is 1. The van der Waals surface area contributed by atoms with Crippen molar-refractivity contribution in [1.29, 1.82) is 0 Å². The van der Waals surface area contributed by atoms with Crippen molar-refractivity contribution in [3.63, 3.8) is 0 Å². The minimum atomic E-state index is -1.10. The van der Waals surface area contributed by atoms with Crippen LogP contribution in [-0.2, 0) is 27.3 Å². The van der Waals surface area contributed by atoms with Crippen LogP contribution in [0.15, 0.2) is 23.0 Å². The lowest BCUT2D eigenvalue weighted by Crippen LogP contribution is -2.44. The van der Waals surface area contributed by atoms with E-state index in [0.717, 1.165) is 37.2 Å². The van der Waals surface area contributed by atoms with Crippen molar-refractivity contribution in [1.82, 2.24) is 4.90 Å². The third-order valence-electron chi connectivity index (χ3n) is 8.27. The highest BCUT2D eigenvalue weighted by Gasteiger charge is 2.51. The summed E-state index contributed by atoms with van der Waals surface area (Å²) in [6.45, 7) is 2.42. The molecule has 0 radical (unpaired) electrons. The molecule has 4 aliphatic rings. The first-order valence-corrected chi connectivity index (χ1v) is 12.6. The van der Waals surface area contributed by atoms with Crippen LogP contribution in [0.4, 0.5) is 5.69 Å². The Hall–Kier alpha value is -3.33. The molecule has 1 saturated heterocycles. The number of piperidine rings is 1. The maximum Gasteiger partial charge on any atom is 0.255 e. The van der Waals surface area contributed by atoms with Gasteiger partial charge < -0.3 is 26.0 Å². The van der Waals surface area contributed by atoms with E-state index in [0.29, 0.717) is 24.9 Å². The van der Waals surface area contributed by atoms with Crippen LogP contribution in [0.2, 0.25) is 0 Å². The first-order valence-electron chi connectivity index (χ1n) is 12.6. The number of carbonyl (C=O) groups excluding carboxylic acids is 3. The summed E-state index contributed by atoms with van der Waals surface area (Å²) >= 11 is 0. The van der Waals surface area contributed by atoms with E-state index in [4.69, 9.17) is 5.73 Å². The second-order valence-corrected chi connectivity index (χ2v) is 10.7. The number of ketones is 2. The van der Waals surface area contributed by atoms with Gasteiger partial charge in [-0.25, -0.2) is 0 Å². The number of Topliss-reactive ketones (excluding diaryl/α,β-unsaturated/α-hetero) is 2. The number of rotatable bonds is 4. The monoisotopic (exact) mass is 495 g/mol. The van der Waals surface area contributed by atoms with Gasteiger partial charge in [-0.3, -0.25) is 19.3 Å². The summed E-state index contributed by atoms with van der Waals surface area (Å²) < 4.78 is 0. The molecule has 0 bridgehead atoms. The van der Waals surface area contributed by atoms with Gasteiger partial charge in [-0.1, -0.05) is 6.42 Å². The Kier molecular flexibility index (Phi) is 6.06. The number of benzene rings is 1. The summed E-state index contributed by atoms with van der Waals surface area (Å²) in [4.78, 5) is 42.2. The van der Waals surface area contributed by atoms with E-state index in [-0.39, 0.29) is 35.0 Å². The molecule has 3 atom stereocenters. The zero-order chi connectivity index (χ0) is 25.9. The SMILES string of the molecule is CN(C)c1cc(CN2CCCCC2)c(O)c2c1CC1CC3CC(=O)C(C(N)=O)=C(O)C3C(=O)C1=C2O. The number of anilines is 1. The van der Waals surface area contributed by atoms with E-state index in [9.17, 15) is 29.7 Å². The molecule has 5 rings (SSSR count). The third-order valence-corrected chi connectivity index (χ3v) is 8.27. The van der Waals surface area contributed by atoms with Crippen LogP contribution in [0.3, 0.4) is 0 Å². The van der Waals surface area contributed by atoms with E-state index in [2.05, 4.69) is 4.90 Å². The van der Waals surface area contributed by atoms with Crippen molar-refractivity contribution in [3.8, 4) is 5.75 Å². The van der Waals surface area contributed by atoms with E-state index >= 15 is 0 Å². The zero-order valence-electron chi connectivity index (χ0n) is 20.7. The van der Waals surface area contributed by atoms with E-state index < -0.39 is 40.6 Å². The fraction of sp³-hybridized carbons (Fsp3) is 0.519. The molecular weight excluding hydrogens is 462 g/mol. The van der Waals surface area contributed by atoms with Crippen molar-refractivity contribution in [3.05, 3.63) is 39.7 Å². The number of allylic oxidation sites excluding steroid dienone is 2. The van der Waals surface area contributed by atoms with Crippen LogP contribution in [0, 0.1) is 17.8 Å². The van der Waals surface area contributed by atoms with Crippen molar-refractivity contribution in [2.75, 3.05) is 32.1 Å². The Balaban J connectivity index is 1.62. The maximum atomic E-state index is 13.7. The highest BCUT2D eigenvalue weighted by atomic mass is 16.3. The first kappa shape index (κ1) is 24.4. The molecule has 1 saturated carbocycles. The Labute approximate surface area is 209 Å². The number of phenols is 1. The lowest BCUT2D eigenvalue weighted by molar-refractivity contribution is -0.127. The Bertz CT molecular complexity index is 1220. The van der Waals surface area contributed by atoms with Gasteiger partial charge in [-0.05, 0) is 62.2 Å². The summed E-state index contributed by atoms with van der Waals surface area (Å²) in [5.41, 5.74) is 7.50. The van der Waals surface area contributed by atoms with E-state index in [1.807, 2.05) is 25.1 Å². The highest BCUT2D eigenvalue weighted by Crippen LogP contribution is 2.52. The van der Waals surface area contributed by atoms with Crippen LogP contribution in [-0.4, -0.2) is 64.9 Å². The number of amides is 1. The van der Waals surface area contributed by atoms with Gasteiger partial charge in [0.25, 0.3) is 5.91 Å². The summed E-state index contributed by atoms with van der Waals surface area (Å²) in [6, 6.07) is 1.96. The molecule has 0 spiro atoms. The second kappa shape index (κ2) is 8.96. The number of fused-ring (bicyclic) bond motifs is 3. The molecule has 9 heteroatoms. The van der Waals surface area contributed by atoms with Gasteiger partial charge >= 0.3 is 0 Å². The Morgan fingerprint density at radius 1 is 1.11 bits per heavy atom. The van der Waals surface area contributed by atoms with E-state index in [1.165, 1.54) is 6.42 Å². The molecule has 2 fully saturated rings. The fourth-order valence-electron chi connectivity index (χ4n) is 6.62. The number of hydrogen-bond donors (Lipinski definition) is 4. The summed E-state index contributed by atoms with van der Waals surface area (Å²) in [6.07, 6.45) is 4.14. The molecule has 1 aliphatic heterocycles. The molecule has 0 aromatic heterocycles. The number of hydrogen-bond acceptors (Lipinski definition) is 8. The molecule has 36 heavy (non-hydrogen) atoms. The van der Waals surface area contributed by atoms with Crippen molar-refractivity contribution < 1.29 is 29.7 Å². The summed E-state index contributed by atoms with van der Waals surface area (Å²) in [5.74, 6) is -5.01. The third kappa shape index (κ3) is 3.77. The molecule has 3 unspecified atom stereocenters. The molecule has 3 aliphatic carbocycles. The lowest BCUT2D eigenvalue weighted by atomic mass is 9.61. The quantitative estimate of drug-likeness (QED) is 0.466. The number of likely N-dealkylation sites (tertiary alicyclic amines) is 1. The minimum Gasteiger partial charge on any atom is -0.511 e. The maximum absolute atomic E-state index is 13.7. The minimum absolute atomic E-state index is 0.0315. The van der Waals surface area contributed by atoms with Gasteiger partial charge in [-0.15, -0.1) is 0 Å². The van der Waals surface area contributed by atoms with Crippen LogP contribution >= 0.6 is 0 Å². The van der Waals surface area contributed by atoms with Gasteiger partial charge in [0.2, 0.25) is 0 Å². The standard InChI is InChI=1S/C27H33N3O6/c1-29(2)17-10-15(12-30-6-4-3-5-7-30)23(32)21-16(17)9-13-8-14-11-18(31)22(27(28)36)26(35)20(14)24(33)19(13)25(21)34/h10,13-14,20,32,34-35H,3-9,11-12H2,1-2H3,(H2,28,36). The Morgan fingerprint density at radius 3 is 2.44 bits per heavy atom. The highest BCUT2D eigenvalue weighted by molar-refractivity contribution is 6.21. The molecule has 1 aromatic rings. The van der Waals surface area contributed by atoms with E-state index in [1.54, 1.807) is 0 Å². The fourth-order valence-corrected chi connectivity index (χ4v) is 6.62. The van der Waals surface area contributed by atoms with Crippen molar-refractivity contribution in [2.45, 2.75) is 45.1 Å². The second-order valence-electron chi connectivity index (χ2n) is 10.7. The smallest absolute Gasteiger partial charge is 0.255 e. The first-order chi connectivity index (χ1) is 17.1. The lowest BCUT2D eigenvalue weighted by Gasteiger charge is -2.41. The van der Waals surface area contributed by atoms with Crippen molar-refractivity contribution in [2.24, 2.45) is 23.5 Å². The number of carbonyl (C=O) groups is 3. The topological polar surface area (TPSA) is 144 Å². The summed E-state index contributed by atoms with van der Waals surface area (Å²) in [5, 5.41) is 33.5. The van der Waals surface area contributed by atoms with Crippen molar-refractivity contribution >= 4 is 28.9 Å². The average molecular weight is 496 g/mol. The van der Waals surface area contributed by atoms with Crippen LogP contribution < -0.4 is 10.6 Å². The molecule has 5 N–H and O–H groups in total. The number of nitrogens with two attached hydrogens (primary N) is 1. The number of nitrogens with zero attached hydrogens (tertiary/aromatic N) is 2.